The van der Waals surface area contributed by atoms with E-state index in [1.54, 1.807) is 43.1 Å². The Morgan fingerprint density at radius 2 is 2.02 bits per heavy atom. The first-order chi connectivity index (χ1) is 19.7. The number of ether oxygens (including phenoxy) is 3. The van der Waals surface area contributed by atoms with E-state index in [-0.39, 0.29) is 49.2 Å². The normalized spacial score (nSPS) is 21.5. The predicted molar refractivity (Wildman–Crippen MR) is 150 cm³/mol. The summed E-state index contributed by atoms with van der Waals surface area (Å²) in [6.45, 7) is 4.16. The van der Waals surface area contributed by atoms with Crippen LogP contribution in [0.2, 0.25) is 0 Å². The summed E-state index contributed by atoms with van der Waals surface area (Å²) in [5.41, 5.74) is 0.256. The fourth-order valence-corrected chi connectivity index (χ4v) is 5.21. The highest BCUT2D eigenvalue weighted by atomic mass is 16.7. The SMILES string of the molecule is C[C@H](CO)N1C[C@H](C)[C@@H](CN(C)C(=O)Nc2ccc3c(c2)OCO3)Oc2ncc(C#CC3(O)CCCC3)cc2C1=O. The van der Waals surface area contributed by atoms with Crippen LogP contribution in [0.25, 0.3) is 0 Å². The summed E-state index contributed by atoms with van der Waals surface area (Å²) >= 11 is 0. The second kappa shape index (κ2) is 11.8. The third-order valence-corrected chi connectivity index (χ3v) is 7.82. The van der Waals surface area contributed by atoms with Crippen LogP contribution in [0.5, 0.6) is 17.4 Å². The van der Waals surface area contributed by atoms with Crippen molar-refractivity contribution in [2.75, 3.05) is 38.9 Å². The zero-order chi connectivity index (χ0) is 29.1. The highest BCUT2D eigenvalue weighted by molar-refractivity contribution is 5.97. The number of hydrogen-bond donors (Lipinski definition) is 3. The second-order valence-corrected chi connectivity index (χ2v) is 11.1. The lowest BCUT2D eigenvalue weighted by Crippen LogP contribution is -2.50. The molecule has 41 heavy (non-hydrogen) atoms. The standard InChI is InChI=1S/C30H36N4O7/c1-19-15-34(20(2)17-35)28(36)23-12-21(8-11-30(38)9-4-5-10-30)14-31-27(23)41-26(19)16-33(3)29(37)32-22-6-7-24-25(13-22)40-18-39-24/h6-7,12-14,19-20,26,35,38H,4-5,9-10,15-18H2,1-3H3,(H,32,37)/t19-,20+,26+/m0/s1. The van der Waals surface area contributed by atoms with Gasteiger partial charge in [-0.15, -0.1) is 0 Å². The van der Waals surface area contributed by atoms with E-state index in [1.165, 1.54) is 11.1 Å². The van der Waals surface area contributed by atoms with Crippen LogP contribution in [0.3, 0.4) is 0 Å². The molecule has 0 spiro atoms. The maximum atomic E-state index is 13.6. The maximum absolute atomic E-state index is 13.6. The van der Waals surface area contributed by atoms with Crippen molar-refractivity contribution < 1.29 is 34.0 Å². The molecule has 3 amide bonds. The first-order valence-electron chi connectivity index (χ1n) is 13.9. The van der Waals surface area contributed by atoms with E-state index >= 15 is 0 Å². The Bertz CT molecular complexity index is 1360. The van der Waals surface area contributed by atoms with Crippen LogP contribution in [0, 0.1) is 17.8 Å². The summed E-state index contributed by atoms with van der Waals surface area (Å²) in [6, 6.07) is 6.01. The zero-order valence-electron chi connectivity index (χ0n) is 23.6. The molecular weight excluding hydrogens is 528 g/mol. The van der Waals surface area contributed by atoms with Crippen molar-refractivity contribution in [3.8, 4) is 29.2 Å². The fourth-order valence-electron chi connectivity index (χ4n) is 5.21. The van der Waals surface area contributed by atoms with E-state index in [9.17, 15) is 19.8 Å². The van der Waals surface area contributed by atoms with Gasteiger partial charge in [-0.25, -0.2) is 9.78 Å². The van der Waals surface area contributed by atoms with Crippen molar-refractivity contribution in [1.29, 1.82) is 0 Å². The largest absolute Gasteiger partial charge is 0.472 e. The van der Waals surface area contributed by atoms with E-state index in [2.05, 4.69) is 22.1 Å². The number of amides is 3. The number of likely N-dealkylation sites (N-methyl/N-ethyl adjacent to an activating group) is 1. The lowest BCUT2D eigenvalue weighted by molar-refractivity contribution is 0.0356. The van der Waals surface area contributed by atoms with E-state index in [0.29, 0.717) is 42.1 Å². The molecule has 2 aliphatic heterocycles. The number of fused-ring (bicyclic) bond motifs is 2. The molecule has 2 aromatic rings. The summed E-state index contributed by atoms with van der Waals surface area (Å²) in [5.74, 6) is 6.74. The quantitative estimate of drug-likeness (QED) is 0.472. The number of hydrogen-bond acceptors (Lipinski definition) is 8. The van der Waals surface area contributed by atoms with Crippen molar-refractivity contribution in [2.45, 2.75) is 57.3 Å². The van der Waals surface area contributed by atoms with Gasteiger partial charge in [-0.2, -0.15) is 0 Å². The van der Waals surface area contributed by atoms with Gasteiger partial charge in [-0.1, -0.05) is 18.8 Å². The monoisotopic (exact) mass is 564 g/mol. The van der Waals surface area contributed by atoms with Crippen molar-refractivity contribution in [3.05, 3.63) is 41.6 Å². The number of carbonyl (C=O) groups is 2. The molecule has 0 radical (unpaired) electrons. The molecule has 3 heterocycles. The fraction of sp³-hybridized carbons (Fsp3) is 0.500. The van der Waals surface area contributed by atoms with Gasteiger partial charge in [0.05, 0.1) is 19.2 Å². The van der Waals surface area contributed by atoms with Gasteiger partial charge < -0.3 is 39.5 Å². The molecule has 5 rings (SSSR count). The van der Waals surface area contributed by atoms with Crippen LogP contribution in [0.1, 0.15) is 55.5 Å². The number of nitrogens with zero attached hydrogens (tertiary/aromatic N) is 3. The van der Waals surface area contributed by atoms with Crippen LogP contribution in [-0.4, -0.2) is 88.2 Å². The van der Waals surface area contributed by atoms with Gasteiger partial charge in [0.15, 0.2) is 11.5 Å². The Balaban J connectivity index is 1.37. The summed E-state index contributed by atoms with van der Waals surface area (Å²) in [7, 11) is 1.66. The zero-order valence-corrected chi connectivity index (χ0v) is 23.6. The van der Waals surface area contributed by atoms with Gasteiger partial charge in [-0.05, 0) is 50.8 Å². The van der Waals surface area contributed by atoms with Crippen molar-refractivity contribution in [2.24, 2.45) is 5.92 Å². The number of carbonyl (C=O) groups excluding carboxylic acids is 2. The number of urea groups is 1. The summed E-state index contributed by atoms with van der Waals surface area (Å²) in [5, 5.41) is 23.4. The Morgan fingerprint density at radius 1 is 1.27 bits per heavy atom. The number of aliphatic hydroxyl groups is 2. The van der Waals surface area contributed by atoms with E-state index in [0.717, 1.165) is 12.8 Å². The average molecular weight is 565 g/mol. The predicted octanol–water partition coefficient (Wildman–Crippen LogP) is 2.85. The van der Waals surface area contributed by atoms with E-state index in [4.69, 9.17) is 14.2 Å². The molecule has 0 unspecified atom stereocenters. The van der Waals surface area contributed by atoms with Gasteiger partial charge in [-0.3, -0.25) is 4.79 Å². The molecule has 11 nitrogen and oxygen atoms in total. The number of benzene rings is 1. The number of anilines is 1. The number of nitrogens with one attached hydrogen (secondary N) is 1. The molecule has 1 saturated carbocycles. The van der Waals surface area contributed by atoms with Crippen LogP contribution in [-0.2, 0) is 0 Å². The minimum absolute atomic E-state index is 0.136. The van der Waals surface area contributed by atoms with Crippen LogP contribution in [0.4, 0.5) is 10.5 Å². The number of aromatic nitrogens is 1. The molecule has 3 N–H and O–H groups in total. The molecular formula is C30H36N4O7. The lowest BCUT2D eigenvalue weighted by Gasteiger charge is -2.37. The van der Waals surface area contributed by atoms with Crippen LogP contribution >= 0.6 is 0 Å². The molecule has 3 atom stereocenters. The topological polar surface area (TPSA) is 134 Å². The highest BCUT2D eigenvalue weighted by Crippen LogP contribution is 2.34. The first kappa shape index (κ1) is 28.5. The third-order valence-electron chi connectivity index (χ3n) is 7.82. The molecule has 1 aromatic heterocycles. The number of rotatable bonds is 5. The Kier molecular flexibility index (Phi) is 8.24. The molecule has 1 aromatic carbocycles. The third kappa shape index (κ3) is 6.34. The maximum Gasteiger partial charge on any atom is 0.321 e. The Labute approximate surface area is 239 Å². The Morgan fingerprint density at radius 3 is 2.78 bits per heavy atom. The smallest absolute Gasteiger partial charge is 0.321 e. The molecule has 0 saturated heterocycles. The van der Waals surface area contributed by atoms with Gasteiger partial charge in [0.1, 0.15) is 17.3 Å². The van der Waals surface area contributed by atoms with Crippen molar-refractivity contribution in [1.82, 2.24) is 14.8 Å². The van der Waals surface area contributed by atoms with E-state index < -0.39 is 17.7 Å². The average Bonchev–Trinajstić information content (AvgIpc) is 3.62. The van der Waals surface area contributed by atoms with Gasteiger partial charge in [0.2, 0.25) is 12.7 Å². The van der Waals surface area contributed by atoms with Crippen molar-refractivity contribution >= 4 is 17.6 Å². The van der Waals surface area contributed by atoms with E-state index in [1.807, 2.05) is 6.92 Å². The molecule has 11 heteroatoms. The first-order valence-corrected chi connectivity index (χ1v) is 13.9. The Hall–Kier alpha value is -4.01. The van der Waals surface area contributed by atoms with Gasteiger partial charge >= 0.3 is 6.03 Å². The molecule has 3 aliphatic rings. The van der Waals surface area contributed by atoms with Gasteiger partial charge in [0, 0.05) is 43.0 Å². The minimum Gasteiger partial charge on any atom is -0.472 e. The summed E-state index contributed by atoms with van der Waals surface area (Å²) in [6.07, 6.45) is 4.12. The number of aliphatic hydroxyl groups excluding tert-OH is 1. The minimum atomic E-state index is -1.02. The van der Waals surface area contributed by atoms with Crippen LogP contribution in [0.15, 0.2) is 30.5 Å². The molecule has 1 aliphatic carbocycles. The van der Waals surface area contributed by atoms with Gasteiger partial charge in [0.25, 0.3) is 5.91 Å². The summed E-state index contributed by atoms with van der Waals surface area (Å²) in [4.78, 5) is 34.2. The summed E-state index contributed by atoms with van der Waals surface area (Å²) < 4.78 is 17.0. The molecule has 218 valence electrons. The lowest BCUT2D eigenvalue weighted by atomic mass is 9.99. The second-order valence-electron chi connectivity index (χ2n) is 11.1. The highest BCUT2D eigenvalue weighted by Gasteiger charge is 2.35. The van der Waals surface area contributed by atoms with Crippen LogP contribution < -0.4 is 19.5 Å². The molecule has 0 bridgehead atoms. The molecule has 1 fully saturated rings. The van der Waals surface area contributed by atoms with Crippen molar-refractivity contribution in [3.63, 3.8) is 0 Å². The number of pyridine rings is 1.